The Labute approximate surface area is 93.8 Å². The molecule has 1 aromatic rings. The smallest absolute Gasteiger partial charge is 0.133 e. The largest absolute Gasteiger partial charge is 0.299 e. The summed E-state index contributed by atoms with van der Waals surface area (Å²) in [6, 6.07) is 1.90. The highest BCUT2D eigenvalue weighted by molar-refractivity contribution is 6.32. The molecule has 2 heterocycles. The summed E-state index contributed by atoms with van der Waals surface area (Å²) >= 11 is 11.8. The SMILES string of the molecule is Clc1cnc(Cl)c(CN2CCCC2)c1. The predicted octanol–water partition coefficient (Wildman–Crippen LogP) is 2.98. The second-order valence-electron chi connectivity index (χ2n) is 3.59. The number of halogens is 2. The minimum absolute atomic E-state index is 0.571. The highest BCUT2D eigenvalue weighted by Gasteiger charge is 2.13. The molecule has 0 spiro atoms. The molecule has 0 bridgehead atoms. The quantitative estimate of drug-likeness (QED) is 0.727. The first-order valence-corrected chi connectivity index (χ1v) is 5.53. The molecule has 76 valence electrons. The van der Waals surface area contributed by atoms with Gasteiger partial charge in [-0.1, -0.05) is 23.2 Å². The van der Waals surface area contributed by atoms with Crippen molar-refractivity contribution in [2.24, 2.45) is 0 Å². The lowest BCUT2D eigenvalue weighted by atomic mass is 10.2. The maximum absolute atomic E-state index is 5.98. The van der Waals surface area contributed by atoms with Gasteiger partial charge in [-0.3, -0.25) is 4.90 Å². The van der Waals surface area contributed by atoms with E-state index in [1.807, 2.05) is 6.07 Å². The Balaban J connectivity index is 2.10. The minimum atomic E-state index is 0.571. The van der Waals surface area contributed by atoms with Crippen molar-refractivity contribution in [1.82, 2.24) is 9.88 Å². The van der Waals surface area contributed by atoms with Gasteiger partial charge in [0.25, 0.3) is 0 Å². The van der Waals surface area contributed by atoms with E-state index in [0.717, 1.165) is 25.2 Å². The van der Waals surface area contributed by atoms with Crippen LogP contribution in [0.4, 0.5) is 0 Å². The third-order valence-electron chi connectivity index (χ3n) is 2.47. The van der Waals surface area contributed by atoms with Gasteiger partial charge in [0.1, 0.15) is 5.15 Å². The third-order valence-corrected chi connectivity index (χ3v) is 3.02. The standard InChI is InChI=1S/C10H12Cl2N2/c11-9-5-8(10(12)13-6-9)7-14-3-1-2-4-14/h5-6H,1-4,7H2. The van der Waals surface area contributed by atoms with E-state index in [0.29, 0.717) is 10.2 Å². The number of rotatable bonds is 2. The molecule has 0 amide bonds. The first-order valence-electron chi connectivity index (χ1n) is 4.78. The van der Waals surface area contributed by atoms with Crippen molar-refractivity contribution in [3.8, 4) is 0 Å². The fraction of sp³-hybridized carbons (Fsp3) is 0.500. The van der Waals surface area contributed by atoms with E-state index in [-0.39, 0.29) is 0 Å². The van der Waals surface area contributed by atoms with Crippen molar-refractivity contribution in [2.75, 3.05) is 13.1 Å². The second-order valence-corrected chi connectivity index (χ2v) is 4.38. The third kappa shape index (κ3) is 2.38. The monoisotopic (exact) mass is 230 g/mol. The molecule has 1 fully saturated rings. The van der Waals surface area contributed by atoms with E-state index >= 15 is 0 Å². The van der Waals surface area contributed by atoms with E-state index in [9.17, 15) is 0 Å². The lowest BCUT2D eigenvalue weighted by Crippen LogP contribution is -2.18. The van der Waals surface area contributed by atoms with Crippen LogP contribution in [0.5, 0.6) is 0 Å². The molecule has 1 aromatic heterocycles. The van der Waals surface area contributed by atoms with E-state index in [4.69, 9.17) is 23.2 Å². The van der Waals surface area contributed by atoms with Gasteiger partial charge in [0, 0.05) is 18.3 Å². The summed E-state index contributed by atoms with van der Waals surface area (Å²) in [5.74, 6) is 0. The van der Waals surface area contributed by atoms with Crippen LogP contribution in [0.3, 0.4) is 0 Å². The number of aromatic nitrogens is 1. The Morgan fingerprint density at radius 3 is 2.71 bits per heavy atom. The summed E-state index contributed by atoms with van der Waals surface area (Å²) in [6.07, 6.45) is 4.15. The van der Waals surface area contributed by atoms with Crippen LogP contribution in [0.25, 0.3) is 0 Å². The molecular weight excluding hydrogens is 219 g/mol. The maximum Gasteiger partial charge on any atom is 0.133 e. The zero-order valence-electron chi connectivity index (χ0n) is 7.84. The van der Waals surface area contributed by atoms with Crippen LogP contribution in [0.2, 0.25) is 10.2 Å². The Morgan fingerprint density at radius 1 is 1.29 bits per heavy atom. The molecule has 0 atom stereocenters. The first-order chi connectivity index (χ1) is 6.75. The number of likely N-dealkylation sites (tertiary alicyclic amines) is 1. The Morgan fingerprint density at radius 2 is 2.00 bits per heavy atom. The summed E-state index contributed by atoms with van der Waals surface area (Å²) in [5, 5.41) is 1.23. The Hall–Kier alpha value is -0.310. The summed E-state index contributed by atoms with van der Waals surface area (Å²) in [5.41, 5.74) is 1.03. The van der Waals surface area contributed by atoms with Crippen molar-refractivity contribution < 1.29 is 0 Å². The normalized spacial score (nSPS) is 17.6. The highest BCUT2D eigenvalue weighted by Crippen LogP contribution is 2.21. The van der Waals surface area contributed by atoms with Crippen molar-refractivity contribution in [3.63, 3.8) is 0 Å². The molecule has 0 radical (unpaired) electrons. The molecule has 2 nitrogen and oxygen atoms in total. The summed E-state index contributed by atoms with van der Waals surface area (Å²) in [7, 11) is 0. The fourth-order valence-electron chi connectivity index (χ4n) is 1.76. The van der Waals surface area contributed by atoms with Crippen LogP contribution in [0, 0.1) is 0 Å². The van der Waals surface area contributed by atoms with Gasteiger partial charge in [-0.25, -0.2) is 4.98 Å². The van der Waals surface area contributed by atoms with E-state index in [2.05, 4.69) is 9.88 Å². The molecular formula is C10H12Cl2N2. The number of hydrogen-bond donors (Lipinski definition) is 0. The Kier molecular flexibility index (Phi) is 3.26. The Bertz CT molecular complexity index is 322. The molecule has 0 N–H and O–H groups in total. The van der Waals surface area contributed by atoms with Gasteiger partial charge in [0.2, 0.25) is 0 Å². The van der Waals surface area contributed by atoms with Gasteiger partial charge in [0.05, 0.1) is 5.02 Å². The zero-order valence-corrected chi connectivity index (χ0v) is 9.35. The topological polar surface area (TPSA) is 16.1 Å². The molecule has 1 aliphatic heterocycles. The van der Waals surface area contributed by atoms with E-state index in [1.165, 1.54) is 12.8 Å². The summed E-state index contributed by atoms with van der Waals surface area (Å²) in [6.45, 7) is 3.18. The van der Waals surface area contributed by atoms with Crippen LogP contribution < -0.4 is 0 Å². The lowest BCUT2D eigenvalue weighted by molar-refractivity contribution is 0.331. The van der Waals surface area contributed by atoms with Crippen LogP contribution in [-0.4, -0.2) is 23.0 Å². The average Bonchev–Trinajstić information content (AvgIpc) is 2.64. The molecule has 0 saturated carbocycles. The van der Waals surface area contributed by atoms with Crippen LogP contribution >= 0.6 is 23.2 Å². The van der Waals surface area contributed by atoms with E-state index in [1.54, 1.807) is 6.20 Å². The average molecular weight is 231 g/mol. The van der Waals surface area contributed by atoms with Gasteiger partial charge in [-0.2, -0.15) is 0 Å². The molecule has 0 unspecified atom stereocenters. The number of pyridine rings is 1. The molecule has 0 aliphatic carbocycles. The van der Waals surface area contributed by atoms with Crippen molar-refractivity contribution in [3.05, 3.63) is 28.0 Å². The van der Waals surface area contributed by atoms with Crippen molar-refractivity contribution in [1.29, 1.82) is 0 Å². The minimum Gasteiger partial charge on any atom is -0.299 e. The number of hydrogen-bond acceptors (Lipinski definition) is 2. The van der Waals surface area contributed by atoms with Gasteiger partial charge >= 0.3 is 0 Å². The van der Waals surface area contributed by atoms with Crippen molar-refractivity contribution in [2.45, 2.75) is 19.4 Å². The highest BCUT2D eigenvalue weighted by atomic mass is 35.5. The summed E-state index contributed by atoms with van der Waals surface area (Å²) < 4.78 is 0. The summed E-state index contributed by atoms with van der Waals surface area (Å²) in [4.78, 5) is 6.40. The maximum atomic E-state index is 5.98. The van der Waals surface area contributed by atoms with Crippen LogP contribution in [0.1, 0.15) is 18.4 Å². The molecule has 2 rings (SSSR count). The second kappa shape index (κ2) is 4.47. The number of nitrogens with zero attached hydrogens (tertiary/aromatic N) is 2. The molecule has 1 saturated heterocycles. The van der Waals surface area contributed by atoms with Crippen LogP contribution in [0.15, 0.2) is 12.3 Å². The van der Waals surface area contributed by atoms with Gasteiger partial charge < -0.3 is 0 Å². The van der Waals surface area contributed by atoms with Gasteiger partial charge in [0.15, 0.2) is 0 Å². The molecule has 14 heavy (non-hydrogen) atoms. The van der Waals surface area contributed by atoms with Crippen molar-refractivity contribution >= 4 is 23.2 Å². The van der Waals surface area contributed by atoms with Gasteiger partial charge in [-0.05, 0) is 32.0 Å². The molecule has 1 aliphatic rings. The molecule has 0 aromatic carbocycles. The predicted molar refractivity (Wildman–Crippen MR) is 58.8 cm³/mol. The van der Waals surface area contributed by atoms with Crippen LogP contribution in [-0.2, 0) is 6.54 Å². The lowest BCUT2D eigenvalue weighted by Gasteiger charge is -2.14. The first kappa shape index (κ1) is 10.2. The van der Waals surface area contributed by atoms with Gasteiger partial charge in [-0.15, -0.1) is 0 Å². The molecule has 4 heteroatoms. The fourth-order valence-corrected chi connectivity index (χ4v) is 2.10. The van der Waals surface area contributed by atoms with E-state index < -0.39 is 0 Å². The zero-order chi connectivity index (χ0) is 9.97.